The van der Waals surface area contributed by atoms with Gasteiger partial charge in [-0.3, -0.25) is 0 Å². The maximum absolute atomic E-state index is 14.2. The number of aromatic nitrogens is 1. The van der Waals surface area contributed by atoms with E-state index < -0.39 is 27.4 Å². The summed E-state index contributed by atoms with van der Waals surface area (Å²) >= 11 is 0. The van der Waals surface area contributed by atoms with Gasteiger partial charge in [-0.05, 0) is 50.6 Å². The van der Waals surface area contributed by atoms with Crippen LogP contribution in [-0.2, 0) is 17.5 Å². The Labute approximate surface area is 166 Å². The van der Waals surface area contributed by atoms with E-state index in [2.05, 4.69) is 4.40 Å². The van der Waals surface area contributed by atoms with E-state index in [4.69, 9.17) is 0 Å². The van der Waals surface area contributed by atoms with E-state index in [1.165, 1.54) is 12.3 Å². The summed E-state index contributed by atoms with van der Waals surface area (Å²) in [6.45, 7) is 6.06. The minimum Gasteiger partial charge on any atom is -0.342 e. The van der Waals surface area contributed by atoms with Crippen molar-refractivity contribution in [2.75, 3.05) is 0 Å². The minimum absolute atomic E-state index is 0.179. The molecule has 0 saturated heterocycles. The van der Waals surface area contributed by atoms with Crippen LogP contribution in [0.5, 0.6) is 0 Å². The summed E-state index contributed by atoms with van der Waals surface area (Å²) in [5, 5.41) is 0. The van der Waals surface area contributed by atoms with Gasteiger partial charge in [0.1, 0.15) is 22.6 Å². The molecule has 28 heavy (non-hydrogen) atoms. The van der Waals surface area contributed by atoms with Gasteiger partial charge in [0.15, 0.2) is 0 Å². The Morgan fingerprint density at radius 3 is 2.46 bits per heavy atom. The quantitative estimate of drug-likeness (QED) is 0.531. The molecule has 1 aromatic heterocycles. The first-order valence-corrected chi connectivity index (χ1v) is 10.0. The third-order valence-electron chi connectivity index (χ3n) is 4.17. The largest absolute Gasteiger partial charge is 0.342 e. The number of halogens is 2. The lowest BCUT2D eigenvalue weighted by Crippen LogP contribution is -2.19. The van der Waals surface area contributed by atoms with Crippen molar-refractivity contribution < 1.29 is 13.0 Å². The molecule has 146 valence electrons. The molecule has 0 radical (unpaired) electrons. The second kappa shape index (κ2) is 8.19. The third-order valence-corrected chi connectivity index (χ3v) is 5.51. The third kappa shape index (κ3) is 4.81. The van der Waals surface area contributed by atoms with Gasteiger partial charge in [0.05, 0.1) is 16.7 Å². The average molecular weight is 400 g/mol. The molecule has 0 fully saturated rings. The Balaban J connectivity index is 2.03. The van der Waals surface area contributed by atoms with Gasteiger partial charge < -0.3 is 4.57 Å². The predicted molar refractivity (Wildman–Crippen MR) is 111 cm³/mol. The lowest BCUT2D eigenvalue weighted by atomic mass is 10.1. The molecule has 0 aliphatic rings. The lowest BCUT2D eigenvalue weighted by molar-refractivity contribution is 0.603. The van der Waals surface area contributed by atoms with Crippen molar-refractivity contribution in [3.8, 4) is 11.1 Å². The van der Waals surface area contributed by atoms with E-state index in [0.29, 0.717) is 17.8 Å². The number of benzene rings is 2. The first kappa shape index (κ1) is 20.1. The van der Waals surface area contributed by atoms with Crippen LogP contribution < -0.4 is 0 Å². The molecular weight excluding hydrogens is 378 g/mol. The summed E-state index contributed by atoms with van der Waals surface area (Å²) in [6.07, 6.45) is 3.29. The molecule has 0 unspecified atom stereocenters. The van der Waals surface area contributed by atoms with Gasteiger partial charge in [-0.25, -0.2) is 13.0 Å². The van der Waals surface area contributed by atoms with Crippen LogP contribution in [0.1, 0.15) is 32.0 Å². The summed E-state index contributed by atoms with van der Waals surface area (Å²) in [5.74, 6) is -1.00. The van der Waals surface area contributed by atoms with Crippen LogP contribution >= 0.6 is 0 Å². The van der Waals surface area contributed by atoms with Crippen LogP contribution in [0.4, 0.5) is 8.78 Å². The predicted octanol–water partition coefficient (Wildman–Crippen LogP) is 5.36. The van der Waals surface area contributed by atoms with Crippen molar-refractivity contribution in [3.05, 3.63) is 83.7 Å². The number of hydrogen-bond acceptors (Lipinski definition) is 1. The SMILES string of the molecule is CC(C)(C)[S@](=O)N=Cc1cc(-c2cc(F)ccc2F)cn1Cc1ccccc1. The summed E-state index contributed by atoms with van der Waals surface area (Å²) in [4.78, 5) is 0. The molecule has 0 spiro atoms. The van der Waals surface area contributed by atoms with Crippen LogP contribution in [-0.4, -0.2) is 19.7 Å². The molecule has 3 rings (SSSR count). The number of hydrogen-bond donors (Lipinski definition) is 0. The maximum atomic E-state index is 14.2. The highest BCUT2D eigenvalue weighted by molar-refractivity contribution is 7.85. The van der Waals surface area contributed by atoms with Crippen LogP contribution in [0, 0.1) is 11.6 Å². The van der Waals surface area contributed by atoms with Crippen LogP contribution in [0.15, 0.2) is 65.2 Å². The van der Waals surface area contributed by atoms with E-state index in [-0.39, 0.29) is 5.56 Å². The van der Waals surface area contributed by atoms with Gasteiger partial charge in [-0.1, -0.05) is 30.3 Å². The van der Waals surface area contributed by atoms with Crippen LogP contribution in [0.25, 0.3) is 11.1 Å². The second-order valence-corrected chi connectivity index (χ2v) is 9.42. The highest BCUT2D eigenvalue weighted by Crippen LogP contribution is 2.26. The van der Waals surface area contributed by atoms with Gasteiger partial charge in [0.2, 0.25) is 0 Å². The van der Waals surface area contributed by atoms with Crippen molar-refractivity contribution in [1.29, 1.82) is 0 Å². The fraction of sp³-hybridized carbons (Fsp3) is 0.227. The van der Waals surface area contributed by atoms with E-state index >= 15 is 0 Å². The van der Waals surface area contributed by atoms with E-state index in [9.17, 15) is 13.0 Å². The van der Waals surface area contributed by atoms with Crippen molar-refractivity contribution >= 4 is 17.2 Å². The highest BCUT2D eigenvalue weighted by Gasteiger charge is 2.19. The molecule has 0 saturated carbocycles. The molecule has 1 heterocycles. The smallest absolute Gasteiger partial charge is 0.144 e. The summed E-state index contributed by atoms with van der Waals surface area (Å²) in [5.41, 5.74) is 2.44. The topological polar surface area (TPSA) is 34.4 Å². The Morgan fingerprint density at radius 1 is 1.07 bits per heavy atom. The lowest BCUT2D eigenvalue weighted by Gasteiger charge is -2.13. The molecular formula is C22H22F2N2OS. The van der Waals surface area contributed by atoms with Crippen molar-refractivity contribution in [2.24, 2.45) is 4.40 Å². The summed E-state index contributed by atoms with van der Waals surface area (Å²) in [7, 11) is -1.41. The monoisotopic (exact) mass is 400 g/mol. The first-order chi connectivity index (χ1) is 13.2. The Kier molecular flexibility index (Phi) is 5.89. The number of rotatable bonds is 5. The minimum atomic E-state index is -1.41. The molecule has 0 aliphatic heterocycles. The van der Waals surface area contributed by atoms with Gasteiger partial charge in [-0.2, -0.15) is 4.40 Å². The fourth-order valence-electron chi connectivity index (χ4n) is 2.68. The average Bonchev–Trinajstić information content (AvgIpc) is 3.04. The zero-order chi connectivity index (χ0) is 20.3. The van der Waals surface area contributed by atoms with E-state index in [1.54, 1.807) is 12.3 Å². The second-order valence-electron chi connectivity index (χ2n) is 7.49. The molecule has 3 nitrogen and oxygen atoms in total. The summed E-state index contributed by atoms with van der Waals surface area (Å²) in [6, 6.07) is 14.9. The van der Waals surface area contributed by atoms with Crippen molar-refractivity contribution in [1.82, 2.24) is 4.57 Å². The van der Waals surface area contributed by atoms with Gasteiger partial charge in [-0.15, -0.1) is 0 Å². The van der Waals surface area contributed by atoms with Gasteiger partial charge in [0, 0.05) is 23.9 Å². The standard InChI is InChI=1S/C22H22F2N2OS/c1-22(2,3)28(27)25-13-19-11-17(20-12-18(23)9-10-21(20)24)15-26(19)14-16-7-5-4-6-8-16/h4-13,15H,14H2,1-3H3/t28-/m0/s1. The number of nitrogens with zero attached hydrogens (tertiary/aromatic N) is 2. The van der Waals surface area contributed by atoms with Crippen molar-refractivity contribution in [3.63, 3.8) is 0 Å². The van der Waals surface area contributed by atoms with Crippen LogP contribution in [0.3, 0.4) is 0 Å². The zero-order valence-corrected chi connectivity index (χ0v) is 16.8. The summed E-state index contributed by atoms with van der Waals surface area (Å²) < 4.78 is 45.7. The van der Waals surface area contributed by atoms with Gasteiger partial charge in [0.25, 0.3) is 0 Å². The normalized spacial score (nSPS) is 13.2. The van der Waals surface area contributed by atoms with Crippen molar-refractivity contribution in [2.45, 2.75) is 32.1 Å². The fourth-order valence-corrected chi connectivity index (χ4v) is 3.20. The molecule has 0 aliphatic carbocycles. The van der Waals surface area contributed by atoms with E-state index in [0.717, 1.165) is 17.7 Å². The Hall–Kier alpha value is -2.60. The van der Waals surface area contributed by atoms with E-state index in [1.807, 2.05) is 55.7 Å². The Bertz CT molecular complexity index is 1020. The molecule has 1 atom stereocenters. The Morgan fingerprint density at radius 2 is 1.79 bits per heavy atom. The zero-order valence-electron chi connectivity index (χ0n) is 16.0. The molecule has 2 aromatic carbocycles. The van der Waals surface area contributed by atoms with Gasteiger partial charge >= 0.3 is 0 Å². The van der Waals surface area contributed by atoms with Crippen LogP contribution in [0.2, 0.25) is 0 Å². The molecule has 0 N–H and O–H groups in total. The molecule has 3 aromatic rings. The first-order valence-electron chi connectivity index (χ1n) is 8.89. The highest BCUT2D eigenvalue weighted by atomic mass is 32.2. The molecule has 0 bridgehead atoms. The molecule has 0 amide bonds. The molecule has 6 heteroatoms. The maximum Gasteiger partial charge on any atom is 0.144 e.